The van der Waals surface area contributed by atoms with Crippen molar-refractivity contribution in [1.82, 2.24) is 4.98 Å². The minimum atomic E-state index is -2.81. The molecule has 1 aromatic rings. The number of rotatable bonds is 1. The van der Waals surface area contributed by atoms with Crippen molar-refractivity contribution in [3.05, 3.63) is 16.1 Å². The van der Waals surface area contributed by atoms with Gasteiger partial charge in [-0.25, -0.2) is 4.98 Å². The molecule has 0 amide bonds. The van der Waals surface area contributed by atoms with E-state index in [4.69, 9.17) is 0 Å². The number of thiazole rings is 1. The van der Waals surface area contributed by atoms with Gasteiger partial charge in [0.2, 0.25) is 0 Å². The Balaban J connectivity index is 3.01. The summed E-state index contributed by atoms with van der Waals surface area (Å²) in [6.45, 7) is 6.83. The predicted molar refractivity (Wildman–Crippen MR) is 50.4 cm³/mol. The summed E-state index contributed by atoms with van der Waals surface area (Å²) in [5.74, 6) is -2.81. The van der Waals surface area contributed by atoms with Crippen LogP contribution in [0.1, 0.15) is 37.6 Å². The molecule has 1 nitrogen and oxygen atoms in total. The molecule has 13 heavy (non-hydrogen) atoms. The van der Waals surface area contributed by atoms with Gasteiger partial charge < -0.3 is 0 Å². The molecule has 0 saturated carbocycles. The molecular formula is C9H13F2NS. The number of halogens is 2. The van der Waals surface area contributed by atoms with E-state index in [1.165, 1.54) is 6.20 Å². The summed E-state index contributed by atoms with van der Waals surface area (Å²) in [5, 5.41) is -0.0996. The zero-order chi connectivity index (χ0) is 10.3. The van der Waals surface area contributed by atoms with Gasteiger partial charge in [0.15, 0.2) is 5.01 Å². The average molecular weight is 205 g/mol. The van der Waals surface area contributed by atoms with E-state index in [1.807, 2.05) is 20.8 Å². The maximum atomic E-state index is 12.8. The fraction of sp³-hybridized carbons (Fsp3) is 0.667. The largest absolute Gasteiger partial charge is 0.296 e. The van der Waals surface area contributed by atoms with Crippen molar-refractivity contribution >= 4 is 11.3 Å². The van der Waals surface area contributed by atoms with E-state index < -0.39 is 5.92 Å². The SMILES string of the molecule is CC(C)(C)c1cnc(C(C)(F)F)s1. The normalized spacial score (nSPS) is 13.4. The number of hydrogen-bond donors (Lipinski definition) is 0. The molecule has 0 spiro atoms. The van der Waals surface area contributed by atoms with Gasteiger partial charge in [-0.2, -0.15) is 8.78 Å². The Morgan fingerprint density at radius 1 is 1.23 bits per heavy atom. The van der Waals surface area contributed by atoms with E-state index in [9.17, 15) is 8.78 Å². The number of nitrogens with zero attached hydrogens (tertiary/aromatic N) is 1. The monoisotopic (exact) mass is 205 g/mol. The second kappa shape index (κ2) is 3.01. The molecule has 0 fully saturated rings. The van der Waals surface area contributed by atoms with Gasteiger partial charge in [-0.3, -0.25) is 0 Å². The van der Waals surface area contributed by atoms with E-state index >= 15 is 0 Å². The highest BCUT2D eigenvalue weighted by Gasteiger charge is 2.30. The summed E-state index contributed by atoms with van der Waals surface area (Å²) < 4.78 is 25.6. The zero-order valence-corrected chi connectivity index (χ0v) is 9.01. The average Bonchev–Trinajstić information content (AvgIpc) is 2.28. The molecule has 1 heterocycles. The Bertz CT molecular complexity index is 265. The highest BCUT2D eigenvalue weighted by molar-refractivity contribution is 7.11. The lowest BCUT2D eigenvalue weighted by molar-refractivity contribution is 0.0172. The predicted octanol–water partition coefficient (Wildman–Crippen LogP) is 3.55. The van der Waals surface area contributed by atoms with Crippen LogP contribution in [0.2, 0.25) is 0 Å². The number of alkyl halides is 2. The summed E-state index contributed by atoms with van der Waals surface area (Å²) in [6, 6.07) is 0. The van der Waals surface area contributed by atoms with Crippen LogP contribution in [0.15, 0.2) is 6.20 Å². The van der Waals surface area contributed by atoms with Crippen LogP contribution in [-0.2, 0) is 11.3 Å². The van der Waals surface area contributed by atoms with Crippen LogP contribution in [0.25, 0.3) is 0 Å². The lowest BCUT2D eigenvalue weighted by atomic mass is 9.96. The molecule has 0 saturated heterocycles. The summed E-state index contributed by atoms with van der Waals surface area (Å²) in [6.07, 6.45) is 1.54. The van der Waals surface area contributed by atoms with E-state index in [-0.39, 0.29) is 10.4 Å². The standard InChI is InChI=1S/C9H13F2NS/c1-8(2,3)6-5-12-7(13-6)9(4,10)11/h5H,1-4H3. The molecular weight excluding hydrogens is 192 g/mol. The first kappa shape index (κ1) is 10.6. The van der Waals surface area contributed by atoms with E-state index in [1.54, 1.807) is 0 Å². The third kappa shape index (κ3) is 2.46. The molecule has 1 aromatic heterocycles. The Kier molecular flexibility index (Phi) is 2.45. The van der Waals surface area contributed by atoms with E-state index in [0.717, 1.165) is 23.1 Å². The summed E-state index contributed by atoms with van der Waals surface area (Å²) in [7, 11) is 0. The van der Waals surface area contributed by atoms with Gasteiger partial charge in [-0.1, -0.05) is 20.8 Å². The topological polar surface area (TPSA) is 12.9 Å². The number of aromatic nitrogens is 1. The van der Waals surface area contributed by atoms with Crippen molar-refractivity contribution in [3.63, 3.8) is 0 Å². The lowest BCUT2D eigenvalue weighted by Gasteiger charge is -2.14. The summed E-state index contributed by atoms with van der Waals surface area (Å²) in [4.78, 5) is 4.62. The van der Waals surface area contributed by atoms with Gasteiger partial charge in [-0.05, 0) is 5.41 Å². The van der Waals surface area contributed by atoms with E-state index in [2.05, 4.69) is 4.98 Å². The second-order valence-corrected chi connectivity index (χ2v) is 5.20. The van der Waals surface area contributed by atoms with Crippen molar-refractivity contribution in [3.8, 4) is 0 Å². The molecule has 0 bridgehead atoms. The third-order valence-corrected chi connectivity index (χ3v) is 3.22. The Morgan fingerprint density at radius 3 is 2.00 bits per heavy atom. The van der Waals surface area contributed by atoms with Crippen LogP contribution in [-0.4, -0.2) is 4.98 Å². The Morgan fingerprint density at radius 2 is 1.77 bits per heavy atom. The molecule has 0 aliphatic carbocycles. The third-order valence-electron chi connectivity index (χ3n) is 1.62. The molecule has 0 aromatic carbocycles. The van der Waals surface area contributed by atoms with Crippen molar-refractivity contribution in [2.45, 2.75) is 39.0 Å². The summed E-state index contributed by atoms with van der Waals surface area (Å²) in [5.41, 5.74) is -0.0961. The molecule has 4 heteroatoms. The van der Waals surface area contributed by atoms with Crippen molar-refractivity contribution in [2.75, 3.05) is 0 Å². The van der Waals surface area contributed by atoms with Crippen LogP contribution in [0.4, 0.5) is 8.78 Å². The molecule has 0 aliphatic heterocycles. The molecule has 0 N–H and O–H groups in total. The van der Waals surface area contributed by atoms with Crippen LogP contribution in [0.5, 0.6) is 0 Å². The van der Waals surface area contributed by atoms with Gasteiger partial charge in [0.05, 0.1) is 0 Å². The van der Waals surface area contributed by atoms with Crippen molar-refractivity contribution in [1.29, 1.82) is 0 Å². The van der Waals surface area contributed by atoms with Crippen molar-refractivity contribution in [2.24, 2.45) is 0 Å². The van der Waals surface area contributed by atoms with Crippen LogP contribution in [0.3, 0.4) is 0 Å². The quantitative estimate of drug-likeness (QED) is 0.683. The van der Waals surface area contributed by atoms with Crippen LogP contribution >= 0.6 is 11.3 Å². The first-order valence-electron chi connectivity index (χ1n) is 4.06. The number of hydrogen-bond acceptors (Lipinski definition) is 2. The fourth-order valence-electron chi connectivity index (χ4n) is 0.824. The molecule has 1 rings (SSSR count). The Hall–Kier alpha value is -0.510. The Labute approximate surface area is 80.8 Å². The second-order valence-electron chi connectivity index (χ2n) is 4.17. The minimum Gasteiger partial charge on any atom is -0.243 e. The highest BCUT2D eigenvalue weighted by Crippen LogP contribution is 2.35. The van der Waals surface area contributed by atoms with Gasteiger partial charge in [0.1, 0.15) is 0 Å². The van der Waals surface area contributed by atoms with E-state index in [0.29, 0.717) is 0 Å². The summed E-state index contributed by atoms with van der Waals surface area (Å²) >= 11 is 1.09. The maximum Gasteiger partial charge on any atom is 0.296 e. The van der Waals surface area contributed by atoms with Gasteiger partial charge >= 0.3 is 0 Å². The molecule has 0 aliphatic rings. The first-order valence-corrected chi connectivity index (χ1v) is 4.87. The maximum absolute atomic E-state index is 12.8. The molecule has 0 unspecified atom stereocenters. The molecule has 0 atom stereocenters. The van der Waals surface area contributed by atoms with Crippen molar-refractivity contribution < 1.29 is 8.78 Å². The van der Waals surface area contributed by atoms with Crippen LogP contribution < -0.4 is 0 Å². The first-order chi connectivity index (χ1) is 5.71. The lowest BCUT2D eigenvalue weighted by Crippen LogP contribution is -2.08. The zero-order valence-electron chi connectivity index (χ0n) is 8.19. The highest BCUT2D eigenvalue weighted by atomic mass is 32.1. The fourth-order valence-corrected chi connectivity index (χ4v) is 1.73. The van der Waals surface area contributed by atoms with Gasteiger partial charge in [0.25, 0.3) is 5.92 Å². The smallest absolute Gasteiger partial charge is 0.243 e. The minimum absolute atomic E-state index is 0.0961. The van der Waals surface area contributed by atoms with Crippen LogP contribution in [0, 0.1) is 0 Å². The van der Waals surface area contributed by atoms with Gasteiger partial charge in [-0.15, -0.1) is 11.3 Å². The molecule has 74 valence electrons. The van der Waals surface area contributed by atoms with Gasteiger partial charge in [0, 0.05) is 18.0 Å². The molecule has 0 radical (unpaired) electrons.